The lowest BCUT2D eigenvalue weighted by atomic mass is 10.1. The Morgan fingerprint density at radius 1 is 1.20 bits per heavy atom. The van der Waals surface area contributed by atoms with E-state index in [9.17, 15) is 19.5 Å². The third-order valence-corrected chi connectivity index (χ3v) is 3.32. The fourth-order valence-corrected chi connectivity index (χ4v) is 1.94. The lowest BCUT2D eigenvalue weighted by molar-refractivity contribution is -0.129. The molecular formula is C17H23N3O5. The van der Waals surface area contributed by atoms with E-state index >= 15 is 0 Å². The number of nitrogens with one attached hydrogen (secondary N) is 2. The number of nitrogens with two attached hydrogens (primary N) is 1. The van der Waals surface area contributed by atoms with Crippen LogP contribution in [0.3, 0.4) is 0 Å². The Morgan fingerprint density at radius 2 is 1.88 bits per heavy atom. The standard InChI is InChI=1S/C17H23N3O5/c1-2-3-9-13(15(18)22)19-16(23)14(10-21)20-17(24)25-11-12-7-5-4-6-8-12/h2,4-8,13-14,21H,1,3,9-11H2,(H2,18,22)(H,19,23)(H,20,24)/t13-,14-/m0/s1. The van der Waals surface area contributed by atoms with Gasteiger partial charge in [0.05, 0.1) is 6.61 Å². The first-order chi connectivity index (χ1) is 12.0. The summed E-state index contributed by atoms with van der Waals surface area (Å²) < 4.78 is 4.98. The van der Waals surface area contributed by atoms with Crippen molar-refractivity contribution in [3.8, 4) is 0 Å². The van der Waals surface area contributed by atoms with Crippen molar-refractivity contribution in [3.63, 3.8) is 0 Å². The van der Waals surface area contributed by atoms with Gasteiger partial charge in [0.1, 0.15) is 18.7 Å². The molecule has 0 spiro atoms. The molecule has 0 radical (unpaired) electrons. The summed E-state index contributed by atoms with van der Waals surface area (Å²) in [5.74, 6) is -1.44. The molecule has 0 aromatic heterocycles. The van der Waals surface area contributed by atoms with Crippen LogP contribution in [0, 0.1) is 0 Å². The molecule has 1 aromatic rings. The second kappa shape index (κ2) is 10.8. The minimum absolute atomic E-state index is 0.0235. The lowest BCUT2D eigenvalue weighted by Crippen LogP contribution is -2.54. The van der Waals surface area contributed by atoms with Crippen LogP contribution in [0.4, 0.5) is 4.79 Å². The summed E-state index contributed by atoms with van der Waals surface area (Å²) in [6.07, 6.45) is 1.48. The number of allylic oxidation sites excluding steroid dienone is 1. The molecule has 0 aliphatic carbocycles. The second-order valence-electron chi connectivity index (χ2n) is 5.27. The summed E-state index contributed by atoms with van der Waals surface area (Å²) >= 11 is 0. The molecule has 2 atom stereocenters. The van der Waals surface area contributed by atoms with Gasteiger partial charge in [-0.2, -0.15) is 0 Å². The Morgan fingerprint density at radius 3 is 2.44 bits per heavy atom. The van der Waals surface area contributed by atoms with Crippen LogP contribution >= 0.6 is 0 Å². The maximum Gasteiger partial charge on any atom is 0.408 e. The largest absolute Gasteiger partial charge is 0.445 e. The smallest absolute Gasteiger partial charge is 0.408 e. The number of rotatable bonds is 10. The van der Waals surface area contributed by atoms with Crippen LogP contribution in [0.25, 0.3) is 0 Å². The molecule has 0 bridgehead atoms. The molecule has 0 unspecified atom stereocenters. The van der Waals surface area contributed by atoms with Gasteiger partial charge in [-0.15, -0.1) is 6.58 Å². The summed E-state index contributed by atoms with van der Waals surface area (Å²) in [7, 11) is 0. The van der Waals surface area contributed by atoms with Crippen LogP contribution in [-0.4, -0.2) is 41.7 Å². The number of carbonyl (C=O) groups is 3. The average molecular weight is 349 g/mol. The van der Waals surface area contributed by atoms with Gasteiger partial charge in [-0.25, -0.2) is 4.79 Å². The van der Waals surface area contributed by atoms with Crippen molar-refractivity contribution in [1.29, 1.82) is 0 Å². The van der Waals surface area contributed by atoms with Crippen LogP contribution < -0.4 is 16.4 Å². The van der Waals surface area contributed by atoms with Gasteiger partial charge in [0.25, 0.3) is 0 Å². The normalized spacial score (nSPS) is 12.5. The number of benzene rings is 1. The van der Waals surface area contributed by atoms with E-state index in [1.165, 1.54) is 0 Å². The topological polar surface area (TPSA) is 131 Å². The van der Waals surface area contributed by atoms with Gasteiger partial charge in [0.2, 0.25) is 11.8 Å². The Bertz CT molecular complexity index is 591. The molecule has 1 aromatic carbocycles. The lowest BCUT2D eigenvalue weighted by Gasteiger charge is -2.20. The summed E-state index contributed by atoms with van der Waals surface area (Å²) in [5, 5.41) is 13.9. The van der Waals surface area contributed by atoms with Gasteiger partial charge in [-0.1, -0.05) is 36.4 Å². The van der Waals surface area contributed by atoms with E-state index in [0.29, 0.717) is 6.42 Å². The molecule has 3 amide bonds. The molecule has 0 saturated carbocycles. The van der Waals surface area contributed by atoms with Crippen LogP contribution in [0.2, 0.25) is 0 Å². The summed E-state index contributed by atoms with van der Waals surface area (Å²) in [5.41, 5.74) is 6.00. The van der Waals surface area contributed by atoms with E-state index in [1.54, 1.807) is 30.3 Å². The molecule has 8 heteroatoms. The first-order valence-corrected chi connectivity index (χ1v) is 7.76. The van der Waals surface area contributed by atoms with Gasteiger partial charge < -0.3 is 26.2 Å². The molecule has 0 aliphatic rings. The van der Waals surface area contributed by atoms with Crippen LogP contribution in [0.5, 0.6) is 0 Å². The number of aliphatic hydroxyl groups excluding tert-OH is 1. The van der Waals surface area contributed by atoms with E-state index in [1.807, 2.05) is 6.07 Å². The van der Waals surface area contributed by atoms with E-state index in [-0.39, 0.29) is 13.0 Å². The Hall–Kier alpha value is -2.87. The first kappa shape index (κ1) is 20.2. The molecule has 1 rings (SSSR count). The van der Waals surface area contributed by atoms with Crippen molar-refractivity contribution in [2.75, 3.05) is 6.61 Å². The quantitative estimate of drug-likeness (QED) is 0.449. The fourth-order valence-electron chi connectivity index (χ4n) is 1.94. The molecular weight excluding hydrogens is 326 g/mol. The van der Waals surface area contributed by atoms with Gasteiger partial charge in [-0.05, 0) is 18.4 Å². The molecule has 0 heterocycles. The number of aliphatic hydroxyl groups is 1. The van der Waals surface area contributed by atoms with Gasteiger partial charge in [0, 0.05) is 0 Å². The van der Waals surface area contributed by atoms with E-state index < -0.39 is 36.6 Å². The number of amides is 3. The van der Waals surface area contributed by atoms with E-state index in [2.05, 4.69) is 17.2 Å². The first-order valence-electron chi connectivity index (χ1n) is 7.76. The van der Waals surface area contributed by atoms with Gasteiger partial charge >= 0.3 is 6.09 Å². The minimum Gasteiger partial charge on any atom is -0.445 e. The van der Waals surface area contributed by atoms with Gasteiger partial charge in [-0.3, -0.25) is 9.59 Å². The van der Waals surface area contributed by atoms with Gasteiger partial charge in [0.15, 0.2) is 0 Å². The number of hydrogen-bond donors (Lipinski definition) is 4. The molecule has 0 fully saturated rings. The zero-order chi connectivity index (χ0) is 18.7. The zero-order valence-electron chi connectivity index (χ0n) is 13.8. The Kier molecular flexibility index (Phi) is 8.73. The van der Waals surface area contributed by atoms with Crippen molar-refractivity contribution in [2.45, 2.75) is 31.5 Å². The average Bonchev–Trinajstić information content (AvgIpc) is 2.61. The molecule has 136 valence electrons. The molecule has 25 heavy (non-hydrogen) atoms. The fraction of sp³-hybridized carbons (Fsp3) is 0.353. The van der Waals surface area contributed by atoms with Crippen molar-refractivity contribution in [2.24, 2.45) is 5.73 Å². The highest BCUT2D eigenvalue weighted by Gasteiger charge is 2.25. The minimum atomic E-state index is -1.26. The van der Waals surface area contributed by atoms with Crippen molar-refractivity contribution < 1.29 is 24.2 Å². The zero-order valence-corrected chi connectivity index (χ0v) is 13.8. The maximum atomic E-state index is 12.1. The van der Waals surface area contributed by atoms with Crippen molar-refractivity contribution >= 4 is 17.9 Å². The predicted octanol–water partition coefficient (Wildman–Crippen LogP) is 0.210. The monoisotopic (exact) mass is 349 g/mol. The predicted molar refractivity (Wildman–Crippen MR) is 91.2 cm³/mol. The second-order valence-corrected chi connectivity index (χ2v) is 5.27. The number of hydrogen-bond acceptors (Lipinski definition) is 5. The highest BCUT2D eigenvalue weighted by atomic mass is 16.5. The highest BCUT2D eigenvalue weighted by Crippen LogP contribution is 2.01. The van der Waals surface area contributed by atoms with Crippen molar-refractivity contribution in [1.82, 2.24) is 10.6 Å². The third kappa shape index (κ3) is 7.49. The van der Waals surface area contributed by atoms with E-state index in [0.717, 1.165) is 5.56 Å². The molecule has 0 saturated heterocycles. The summed E-state index contributed by atoms with van der Waals surface area (Å²) in [6, 6.07) is 6.82. The summed E-state index contributed by atoms with van der Waals surface area (Å²) in [6.45, 7) is 2.90. The molecule has 0 aliphatic heterocycles. The molecule has 8 nitrogen and oxygen atoms in total. The van der Waals surface area contributed by atoms with Crippen LogP contribution in [0.1, 0.15) is 18.4 Å². The number of ether oxygens (including phenoxy) is 1. The van der Waals surface area contributed by atoms with Crippen LogP contribution in [0.15, 0.2) is 43.0 Å². The molecule has 5 N–H and O–H groups in total. The number of carbonyl (C=O) groups excluding carboxylic acids is 3. The van der Waals surface area contributed by atoms with Crippen molar-refractivity contribution in [3.05, 3.63) is 48.6 Å². The summed E-state index contributed by atoms with van der Waals surface area (Å²) in [4.78, 5) is 35.2. The Balaban J connectivity index is 2.52. The number of primary amides is 1. The SMILES string of the molecule is C=CCC[C@H](NC(=O)[C@H](CO)NC(=O)OCc1ccccc1)C(N)=O. The maximum absolute atomic E-state index is 12.1. The van der Waals surface area contributed by atoms with Crippen LogP contribution in [-0.2, 0) is 20.9 Å². The third-order valence-electron chi connectivity index (χ3n) is 3.32. The van der Waals surface area contributed by atoms with E-state index in [4.69, 9.17) is 10.5 Å². The highest BCUT2D eigenvalue weighted by molar-refractivity contribution is 5.90. The Labute approximate surface area is 146 Å². The number of alkyl carbamates (subject to hydrolysis) is 1.